The van der Waals surface area contributed by atoms with E-state index in [9.17, 15) is 9.18 Å². The summed E-state index contributed by atoms with van der Waals surface area (Å²) in [5.74, 6) is -0.248. The number of allylic oxidation sites excluding steroid dienone is 1. The van der Waals surface area contributed by atoms with Crippen molar-refractivity contribution in [1.29, 1.82) is 0 Å². The molecule has 0 atom stereocenters. The molecule has 0 aliphatic rings. The molecule has 0 unspecified atom stereocenters. The maximum absolute atomic E-state index is 12.8. The molecule has 2 rings (SSSR count). The number of carbonyl (C=O) groups is 1. The zero-order chi connectivity index (χ0) is 15.2. The van der Waals surface area contributed by atoms with Crippen LogP contribution in [0.25, 0.3) is 0 Å². The van der Waals surface area contributed by atoms with Gasteiger partial charge in [-0.3, -0.25) is 4.79 Å². The molecule has 0 bridgehead atoms. The summed E-state index contributed by atoms with van der Waals surface area (Å²) in [6, 6.07) is 13.8. The summed E-state index contributed by atoms with van der Waals surface area (Å²) >= 11 is 0. The molecule has 3 heteroatoms. The van der Waals surface area contributed by atoms with Gasteiger partial charge in [0.25, 0.3) is 0 Å². The Kier molecular flexibility index (Phi) is 4.88. The van der Waals surface area contributed by atoms with E-state index < -0.39 is 0 Å². The van der Waals surface area contributed by atoms with Crippen LogP contribution >= 0.6 is 0 Å². The molecule has 0 spiro atoms. The van der Waals surface area contributed by atoms with Crippen molar-refractivity contribution in [2.75, 3.05) is 0 Å². The van der Waals surface area contributed by atoms with E-state index >= 15 is 0 Å². The maximum Gasteiger partial charge on any atom is 0.190 e. The Morgan fingerprint density at radius 2 is 1.71 bits per heavy atom. The number of hydrogen-bond donors (Lipinski definition) is 1. The molecule has 0 aliphatic heterocycles. The number of Topliss-reactive ketones (excluding diaryl/α,β-unsaturated/α-hetero) is 1. The minimum atomic E-state index is -0.250. The van der Waals surface area contributed by atoms with Gasteiger partial charge in [0.05, 0.1) is 0 Å². The molecular weight excluding hydrogens is 265 g/mol. The van der Waals surface area contributed by atoms with Crippen molar-refractivity contribution in [3.63, 3.8) is 0 Å². The van der Waals surface area contributed by atoms with Gasteiger partial charge in [0.1, 0.15) is 5.82 Å². The molecule has 0 aliphatic carbocycles. The smallest absolute Gasteiger partial charge is 0.190 e. The summed E-state index contributed by atoms with van der Waals surface area (Å²) in [6.45, 7) is 4.32. The van der Waals surface area contributed by atoms with Crippen LogP contribution < -0.4 is 5.32 Å². The standard InChI is InChI=1S/C18H18FNO/c1-13-3-7-16(8-4-13)18(21)14(2)11-20-12-15-5-9-17(19)10-6-15/h3-11,20H,12H2,1-2H3. The van der Waals surface area contributed by atoms with Crippen LogP contribution in [0.3, 0.4) is 0 Å². The highest BCUT2D eigenvalue weighted by molar-refractivity contribution is 6.08. The largest absolute Gasteiger partial charge is 0.386 e. The second-order valence-electron chi connectivity index (χ2n) is 5.03. The van der Waals surface area contributed by atoms with Crippen molar-refractivity contribution < 1.29 is 9.18 Å². The molecular formula is C18H18FNO. The molecule has 0 fully saturated rings. The summed E-state index contributed by atoms with van der Waals surface area (Å²) in [4.78, 5) is 12.2. The van der Waals surface area contributed by atoms with Gasteiger partial charge >= 0.3 is 0 Å². The highest BCUT2D eigenvalue weighted by Crippen LogP contribution is 2.09. The van der Waals surface area contributed by atoms with E-state index in [1.165, 1.54) is 12.1 Å². The van der Waals surface area contributed by atoms with Gasteiger partial charge in [-0.05, 0) is 31.5 Å². The summed E-state index contributed by atoms with van der Waals surface area (Å²) in [5.41, 5.74) is 3.41. The predicted molar refractivity (Wildman–Crippen MR) is 82.5 cm³/mol. The lowest BCUT2D eigenvalue weighted by molar-refractivity contribution is 0.103. The van der Waals surface area contributed by atoms with Crippen molar-refractivity contribution >= 4 is 5.78 Å². The third kappa shape index (κ3) is 4.28. The minimum absolute atomic E-state index is 0.00149. The van der Waals surface area contributed by atoms with Gasteiger partial charge in [-0.25, -0.2) is 4.39 Å². The number of ketones is 1. The van der Waals surface area contributed by atoms with Crippen molar-refractivity contribution in [3.8, 4) is 0 Å². The normalized spacial score (nSPS) is 11.3. The Morgan fingerprint density at radius 1 is 1.10 bits per heavy atom. The molecule has 0 radical (unpaired) electrons. The fraction of sp³-hybridized carbons (Fsp3) is 0.167. The topological polar surface area (TPSA) is 29.1 Å². The van der Waals surface area contributed by atoms with Crippen LogP contribution in [0.2, 0.25) is 0 Å². The molecule has 0 saturated carbocycles. The lowest BCUT2D eigenvalue weighted by Crippen LogP contribution is -2.09. The first-order chi connectivity index (χ1) is 10.1. The summed E-state index contributed by atoms with van der Waals surface area (Å²) in [6.07, 6.45) is 1.70. The van der Waals surface area contributed by atoms with Crippen molar-refractivity contribution in [2.45, 2.75) is 20.4 Å². The highest BCUT2D eigenvalue weighted by atomic mass is 19.1. The fourth-order valence-electron chi connectivity index (χ4n) is 1.92. The Bertz CT molecular complexity index is 642. The van der Waals surface area contributed by atoms with Crippen LogP contribution in [0.5, 0.6) is 0 Å². The molecule has 0 saturated heterocycles. The van der Waals surface area contributed by atoms with Crippen molar-refractivity contribution in [2.24, 2.45) is 0 Å². The average Bonchev–Trinajstić information content (AvgIpc) is 2.49. The molecule has 0 aromatic heterocycles. The Morgan fingerprint density at radius 3 is 2.33 bits per heavy atom. The lowest BCUT2D eigenvalue weighted by atomic mass is 10.0. The summed E-state index contributed by atoms with van der Waals surface area (Å²) in [7, 11) is 0. The molecule has 0 amide bonds. The molecule has 2 aromatic rings. The minimum Gasteiger partial charge on any atom is -0.386 e. The zero-order valence-corrected chi connectivity index (χ0v) is 12.2. The van der Waals surface area contributed by atoms with Crippen LogP contribution in [0, 0.1) is 12.7 Å². The van der Waals surface area contributed by atoms with E-state index in [2.05, 4.69) is 5.32 Å². The third-order valence-corrected chi connectivity index (χ3v) is 3.21. The first-order valence-electron chi connectivity index (χ1n) is 6.82. The average molecular weight is 283 g/mol. The number of aryl methyl sites for hydroxylation is 1. The Balaban J connectivity index is 1.95. The van der Waals surface area contributed by atoms with Gasteiger partial charge in [-0.1, -0.05) is 42.0 Å². The molecule has 0 heterocycles. The molecule has 2 aromatic carbocycles. The molecule has 1 N–H and O–H groups in total. The third-order valence-electron chi connectivity index (χ3n) is 3.21. The number of halogens is 1. The number of hydrogen-bond acceptors (Lipinski definition) is 2. The summed E-state index contributed by atoms with van der Waals surface area (Å²) < 4.78 is 12.8. The number of rotatable bonds is 5. The molecule has 108 valence electrons. The van der Waals surface area contributed by atoms with Crippen LogP contribution in [0.15, 0.2) is 60.3 Å². The van der Waals surface area contributed by atoms with Gasteiger partial charge < -0.3 is 5.32 Å². The van der Waals surface area contributed by atoms with Crippen molar-refractivity contribution in [1.82, 2.24) is 5.32 Å². The monoisotopic (exact) mass is 283 g/mol. The van der Waals surface area contributed by atoms with Crippen LogP contribution in [0.4, 0.5) is 4.39 Å². The Labute approximate surface area is 124 Å². The van der Waals surface area contributed by atoms with E-state index in [1.54, 1.807) is 25.3 Å². The van der Waals surface area contributed by atoms with E-state index in [-0.39, 0.29) is 11.6 Å². The van der Waals surface area contributed by atoms with Gasteiger partial charge in [-0.15, -0.1) is 0 Å². The quantitative estimate of drug-likeness (QED) is 0.663. The first kappa shape index (κ1) is 15.0. The van der Waals surface area contributed by atoms with E-state index in [0.717, 1.165) is 11.1 Å². The predicted octanol–water partition coefficient (Wildman–Crippen LogP) is 4.01. The zero-order valence-electron chi connectivity index (χ0n) is 12.2. The van der Waals surface area contributed by atoms with Crippen molar-refractivity contribution in [3.05, 3.63) is 82.8 Å². The second-order valence-corrected chi connectivity index (χ2v) is 5.03. The number of carbonyl (C=O) groups excluding carboxylic acids is 1. The lowest BCUT2D eigenvalue weighted by Gasteiger charge is -2.05. The van der Waals surface area contributed by atoms with Gasteiger partial charge in [0.2, 0.25) is 0 Å². The summed E-state index contributed by atoms with van der Waals surface area (Å²) in [5, 5.41) is 3.08. The fourth-order valence-corrected chi connectivity index (χ4v) is 1.92. The van der Waals surface area contributed by atoms with Crippen LogP contribution in [0.1, 0.15) is 28.4 Å². The van der Waals surface area contributed by atoms with Gasteiger partial charge in [-0.2, -0.15) is 0 Å². The van der Waals surface area contributed by atoms with Gasteiger partial charge in [0.15, 0.2) is 5.78 Å². The highest BCUT2D eigenvalue weighted by Gasteiger charge is 2.07. The first-order valence-corrected chi connectivity index (χ1v) is 6.82. The SMILES string of the molecule is CC(=CNCc1ccc(F)cc1)C(=O)c1ccc(C)cc1. The van der Waals surface area contributed by atoms with E-state index in [1.807, 2.05) is 31.2 Å². The molecule has 21 heavy (non-hydrogen) atoms. The van der Waals surface area contributed by atoms with E-state index in [0.29, 0.717) is 17.7 Å². The second kappa shape index (κ2) is 6.84. The number of nitrogens with one attached hydrogen (secondary N) is 1. The Hall–Kier alpha value is -2.42. The van der Waals surface area contributed by atoms with E-state index in [4.69, 9.17) is 0 Å². The molecule has 2 nitrogen and oxygen atoms in total. The van der Waals surface area contributed by atoms with Crippen LogP contribution in [-0.4, -0.2) is 5.78 Å². The number of benzene rings is 2. The van der Waals surface area contributed by atoms with Gasteiger partial charge in [0, 0.05) is 23.9 Å². The maximum atomic E-state index is 12.8. The van der Waals surface area contributed by atoms with Crippen LogP contribution in [-0.2, 0) is 6.54 Å².